The third kappa shape index (κ3) is 3.05. The van der Waals surface area contributed by atoms with E-state index < -0.39 is 0 Å². The molecule has 2 aromatic heterocycles. The van der Waals surface area contributed by atoms with E-state index in [1.54, 1.807) is 18.7 Å². The molecule has 0 radical (unpaired) electrons. The number of hydrogen-bond donors (Lipinski definition) is 1. The Bertz CT molecular complexity index is 1060. The zero-order valence-corrected chi connectivity index (χ0v) is 15.9. The average Bonchev–Trinajstić information content (AvgIpc) is 2.95. The lowest BCUT2D eigenvalue weighted by molar-refractivity contribution is 0.655. The number of rotatable bonds is 5. The average molecular weight is 355 g/mol. The van der Waals surface area contributed by atoms with Crippen LogP contribution in [0, 0.1) is 6.92 Å². The van der Waals surface area contributed by atoms with Crippen molar-refractivity contribution in [2.24, 2.45) is 14.1 Å². The van der Waals surface area contributed by atoms with Gasteiger partial charge in [-0.05, 0) is 25.8 Å². The second-order valence-corrected chi connectivity index (χ2v) is 6.84. The predicted octanol–water partition coefficient (Wildman–Crippen LogP) is 2.00. The minimum Gasteiger partial charge on any atom is -0.353 e. The number of fused-ring (bicyclic) bond motifs is 1. The van der Waals surface area contributed by atoms with Crippen LogP contribution in [0.1, 0.15) is 31.4 Å². The van der Waals surface area contributed by atoms with Crippen LogP contribution in [0.15, 0.2) is 33.9 Å². The summed E-state index contributed by atoms with van der Waals surface area (Å²) in [6.07, 6.45) is 0.930. The molecule has 1 aromatic carbocycles. The van der Waals surface area contributed by atoms with E-state index in [0.29, 0.717) is 17.1 Å². The van der Waals surface area contributed by atoms with Gasteiger partial charge in [-0.3, -0.25) is 13.9 Å². The fourth-order valence-corrected chi connectivity index (χ4v) is 2.91. The van der Waals surface area contributed by atoms with Crippen molar-refractivity contribution in [1.82, 2.24) is 18.7 Å². The van der Waals surface area contributed by atoms with Crippen molar-refractivity contribution in [1.29, 1.82) is 0 Å². The highest BCUT2D eigenvalue weighted by Crippen LogP contribution is 2.15. The SMILES string of the molecule is CC[C@@H](C)Nc1nc2c(c(=O)n(Cc3ccc(C)cc3)c(=O)n2C)n1C. The van der Waals surface area contributed by atoms with E-state index in [1.165, 1.54) is 9.13 Å². The number of aryl methyl sites for hydroxylation is 3. The Morgan fingerprint density at radius 2 is 1.77 bits per heavy atom. The van der Waals surface area contributed by atoms with Crippen molar-refractivity contribution in [2.75, 3.05) is 5.32 Å². The van der Waals surface area contributed by atoms with Crippen LogP contribution in [0.3, 0.4) is 0 Å². The van der Waals surface area contributed by atoms with Gasteiger partial charge in [0.15, 0.2) is 11.2 Å². The lowest BCUT2D eigenvalue weighted by Gasteiger charge is -2.11. The third-order valence-corrected chi connectivity index (χ3v) is 4.81. The highest BCUT2D eigenvalue weighted by molar-refractivity contribution is 5.74. The largest absolute Gasteiger partial charge is 0.353 e. The van der Waals surface area contributed by atoms with Crippen molar-refractivity contribution in [3.63, 3.8) is 0 Å². The van der Waals surface area contributed by atoms with E-state index in [0.717, 1.165) is 17.5 Å². The number of aromatic nitrogens is 4. The Labute approximate surface area is 151 Å². The van der Waals surface area contributed by atoms with E-state index in [-0.39, 0.29) is 23.8 Å². The lowest BCUT2D eigenvalue weighted by Crippen LogP contribution is -2.39. The second-order valence-electron chi connectivity index (χ2n) is 6.84. The summed E-state index contributed by atoms with van der Waals surface area (Å²) < 4.78 is 4.43. The maximum Gasteiger partial charge on any atom is 0.332 e. The molecule has 1 N–H and O–H groups in total. The summed E-state index contributed by atoms with van der Waals surface area (Å²) in [5.74, 6) is 0.592. The zero-order chi connectivity index (χ0) is 19.0. The van der Waals surface area contributed by atoms with Crippen molar-refractivity contribution in [3.8, 4) is 0 Å². The van der Waals surface area contributed by atoms with Crippen LogP contribution in [0.2, 0.25) is 0 Å². The van der Waals surface area contributed by atoms with Crippen LogP contribution in [0.5, 0.6) is 0 Å². The Balaban J connectivity index is 2.16. The molecule has 138 valence electrons. The van der Waals surface area contributed by atoms with E-state index in [4.69, 9.17) is 0 Å². The number of nitrogens with zero attached hydrogens (tertiary/aromatic N) is 4. The summed E-state index contributed by atoms with van der Waals surface area (Å²) in [4.78, 5) is 30.2. The number of hydrogen-bond acceptors (Lipinski definition) is 4. The third-order valence-electron chi connectivity index (χ3n) is 4.81. The van der Waals surface area contributed by atoms with Gasteiger partial charge in [-0.25, -0.2) is 4.79 Å². The minimum absolute atomic E-state index is 0.220. The summed E-state index contributed by atoms with van der Waals surface area (Å²) in [7, 11) is 3.44. The predicted molar refractivity (Wildman–Crippen MR) is 104 cm³/mol. The number of anilines is 1. The van der Waals surface area contributed by atoms with Gasteiger partial charge < -0.3 is 9.88 Å². The van der Waals surface area contributed by atoms with E-state index in [2.05, 4.69) is 17.2 Å². The first-order valence-corrected chi connectivity index (χ1v) is 8.81. The number of nitrogens with one attached hydrogen (secondary N) is 1. The van der Waals surface area contributed by atoms with E-state index >= 15 is 0 Å². The molecule has 0 aliphatic heterocycles. The fraction of sp³-hybridized carbons (Fsp3) is 0.421. The molecule has 3 rings (SSSR count). The Hall–Kier alpha value is -2.83. The smallest absolute Gasteiger partial charge is 0.332 e. The van der Waals surface area contributed by atoms with E-state index in [1.807, 2.05) is 38.1 Å². The Morgan fingerprint density at radius 1 is 1.12 bits per heavy atom. The molecule has 0 saturated carbocycles. The molecule has 1 atom stereocenters. The van der Waals surface area contributed by atoms with Gasteiger partial charge >= 0.3 is 5.69 Å². The van der Waals surface area contributed by atoms with Crippen molar-refractivity contribution >= 4 is 17.1 Å². The molecule has 0 aliphatic rings. The molecule has 0 fully saturated rings. The van der Waals surface area contributed by atoms with Crippen molar-refractivity contribution < 1.29 is 0 Å². The fourth-order valence-electron chi connectivity index (χ4n) is 2.91. The number of benzene rings is 1. The summed E-state index contributed by atoms with van der Waals surface area (Å²) in [6.45, 7) is 6.36. The van der Waals surface area contributed by atoms with Crippen LogP contribution >= 0.6 is 0 Å². The van der Waals surface area contributed by atoms with Gasteiger partial charge in [-0.2, -0.15) is 4.98 Å². The molecule has 2 heterocycles. The van der Waals surface area contributed by atoms with Crippen molar-refractivity contribution in [3.05, 3.63) is 56.2 Å². The van der Waals surface area contributed by atoms with Crippen LogP contribution in [-0.4, -0.2) is 24.7 Å². The summed E-state index contributed by atoms with van der Waals surface area (Å²) in [5.41, 5.74) is 2.18. The molecule has 7 nitrogen and oxygen atoms in total. The van der Waals surface area contributed by atoms with Crippen LogP contribution in [0.4, 0.5) is 5.95 Å². The molecular weight excluding hydrogens is 330 g/mol. The summed E-state index contributed by atoms with van der Waals surface area (Å²) in [6, 6.07) is 8.04. The first-order valence-electron chi connectivity index (χ1n) is 8.81. The molecule has 0 unspecified atom stereocenters. The highest BCUT2D eigenvalue weighted by atomic mass is 16.2. The standard InChI is InChI=1S/C19H25N5O2/c1-6-13(3)20-18-21-16-15(22(18)4)17(25)24(19(26)23(16)5)11-14-9-7-12(2)8-10-14/h7-10,13H,6,11H2,1-5H3,(H,20,21)/t13-/m1/s1. The Morgan fingerprint density at radius 3 is 2.38 bits per heavy atom. The first-order chi connectivity index (χ1) is 12.3. The van der Waals surface area contributed by atoms with Gasteiger partial charge in [0.25, 0.3) is 5.56 Å². The first kappa shape index (κ1) is 18.0. The van der Waals surface area contributed by atoms with Gasteiger partial charge in [-0.1, -0.05) is 36.8 Å². The molecule has 3 aromatic rings. The van der Waals surface area contributed by atoms with Gasteiger partial charge in [0, 0.05) is 20.1 Å². The minimum atomic E-state index is -0.365. The molecular formula is C19H25N5O2. The van der Waals surface area contributed by atoms with Gasteiger partial charge in [0.1, 0.15) is 0 Å². The summed E-state index contributed by atoms with van der Waals surface area (Å²) >= 11 is 0. The van der Waals surface area contributed by atoms with Gasteiger partial charge in [0.05, 0.1) is 6.54 Å². The highest BCUT2D eigenvalue weighted by Gasteiger charge is 2.19. The maximum absolute atomic E-state index is 13.0. The molecule has 0 aliphatic carbocycles. The van der Waals surface area contributed by atoms with Gasteiger partial charge in [-0.15, -0.1) is 0 Å². The zero-order valence-electron chi connectivity index (χ0n) is 15.9. The Kier molecular flexibility index (Phi) is 4.71. The molecule has 0 saturated heterocycles. The van der Waals surface area contributed by atoms with Gasteiger partial charge in [0.2, 0.25) is 5.95 Å². The van der Waals surface area contributed by atoms with Crippen LogP contribution in [-0.2, 0) is 20.6 Å². The molecule has 26 heavy (non-hydrogen) atoms. The topological polar surface area (TPSA) is 73.8 Å². The molecule has 0 bridgehead atoms. The normalized spacial score (nSPS) is 12.5. The molecule has 0 spiro atoms. The van der Waals surface area contributed by atoms with E-state index in [9.17, 15) is 9.59 Å². The molecule has 0 amide bonds. The lowest BCUT2D eigenvalue weighted by atomic mass is 10.1. The van der Waals surface area contributed by atoms with Crippen LogP contribution < -0.4 is 16.6 Å². The van der Waals surface area contributed by atoms with Crippen LogP contribution in [0.25, 0.3) is 11.2 Å². The quantitative estimate of drug-likeness (QED) is 0.760. The second kappa shape index (κ2) is 6.82. The maximum atomic E-state index is 13.0. The summed E-state index contributed by atoms with van der Waals surface area (Å²) in [5, 5.41) is 3.29. The monoisotopic (exact) mass is 355 g/mol. The van der Waals surface area contributed by atoms with Crippen molar-refractivity contribution in [2.45, 2.75) is 39.8 Å². The molecule has 7 heteroatoms. The number of imidazole rings is 1.